The van der Waals surface area contributed by atoms with Crippen molar-refractivity contribution in [3.8, 4) is 0 Å². The Morgan fingerprint density at radius 3 is 1.50 bits per heavy atom. The van der Waals surface area contributed by atoms with Gasteiger partial charge < -0.3 is 4.90 Å². The summed E-state index contributed by atoms with van der Waals surface area (Å²) in [5, 5.41) is 0. The Kier molecular flexibility index (Phi) is 4.55. The Hall–Kier alpha value is -2.54. The average Bonchev–Trinajstić information content (AvgIpc) is 2.62. The molecule has 0 amide bonds. The molecule has 1 unspecified atom stereocenters. The van der Waals surface area contributed by atoms with Crippen LogP contribution in [-0.2, 0) is 0 Å². The van der Waals surface area contributed by atoms with Gasteiger partial charge in [-0.1, -0.05) is 73.7 Å². The van der Waals surface area contributed by atoms with Crippen LogP contribution >= 0.6 is 0 Å². The molecule has 0 aliphatic heterocycles. The van der Waals surface area contributed by atoms with E-state index in [0.29, 0.717) is 5.92 Å². The standard InChI is InChI=1S/C21H21N/c1-18(19-11-5-2-6-12-19)17-22(20-13-7-3-8-14-20)21-15-9-4-10-16-21/h2-16,18H,17H2,1H3. The first-order chi connectivity index (χ1) is 10.8. The van der Waals surface area contributed by atoms with E-state index in [9.17, 15) is 0 Å². The zero-order valence-corrected chi connectivity index (χ0v) is 12.9. The third-order valence-electron chi connectivity index (χ3n) is 3.96. The van der Waals surface area contributed by atoms with Gasteiger partial charge in [0.2, 0.25) is 0 Å². The minimum Gasteiger partial charge on any atom is -0.341 e. The maximum atomic E-state index is 2.39. The fraction of sp³-hybridized carbons (Fsp3) is 0.143. The van der Waals surface area contributed by atoms with Crippen LogP contribution in [0.2, 0.25) is 0 Å². The molecule has 110 valence electrons. The second-order valence-electron chi connectivity index (χ2n) is 5.59. The Balaban J connectivity index is 1.90. The summed E-state index contributed by atoms with van der Waals surface area (Å²) in [6.07, 6.45) is 0. The summed E-state index contributed by atoms with van der Waals surface area (Å²) < 4.78 is 0. The molecule has 1 heteroatoms. The van der Waals surface area contributed by atoms with E-state index in [4.69, 9.17) is 0 Å². The van der Waals surface area contributed by atoms with Crippen molar-refractivity contribution in [2.24, 2.45) is 0 Å². The van der Waals surface area contributed by atoms with E-state index in [2.05, 4.69) is 103 Å². The molecule has 0 aromatic heterocycles. The maximum Gasteiger partial charge on any atom is 0.0410 e. The van der Waals surface area contributed by atoms with Gasteiger partial charge in [-0.3, -0.25) is 0 Å². The van der Waals surface area contributed by atoms with Gasteiger partial charge in [0.15, 0.2) is 0 Å². The van der Waals surface area contributed by atoms with Crippen molar-refractivity contribution in [3.05, 3.63) is 96.6 Å². The summed E-state index contributed by atoms with van der Waals surface area (Å²) in [4.78, 5) is 2.39. The molecule has 3 aromatic carbocycles. The van der Waals surface area contributed by atoms with Crippen LogP contribution in [0.15, 0.2) is 91.0 Å². The number of benzene rings is 3. The van der Waals surface area contributed by atoms with Crippen molar-refractivity contribution >= 4 is 11.4 Å². The number of hydrogen-bond donors (Lipinski definition) is 0. The molecule has 0 bridgehead atoms. The first kappa shape index (κ1) is 14.4. The molecule has 3 aromatic rings. The fourth-order valence-corrected chi connectivity index (χ4v) is 2.74. The number of para-hydroxylation sites is 2. The van der Waals surface area contributed by atoms with E-state index in [-0.39, 0.29) is 0 Å². The quantitative estimate of drug-likeness (QED) is 0.588. The molecule has 0 saturated carbocycles. The second-order valence-corrected chi connectivity index (χ2v) is 5.59. The number of rotatable bonds is 5. The van der Waals surface area contributed by atoms with Crippen molar-refractivity contribution in [1.29, 1.82) is 0 Å². The lowest BCUT2D eigenvalue weighted by molar-refractivity contribution is 0.753. The van der Waals surface area contributed by atoms with Crippen LogP contribution in [0, 0.1) is 0 Å². The Morgan fingerprint density at radius 2 is 1.05 bits per heavy atom. The summed E-state index contributed by atoms with van der Waals surface area (Å²) in [5.74, 6) is 0.460. The van der Waals surface area contributed by atoms with Crippen LogP contribution in [0.25, 0.3) is 0 Å². The molecule has 0 radical (unpaired) electrons. The Labute approximate surface area is 132 Å². The molecule has 0 fully saturated rings. The zero-order valence-electron chi connectivity index (χ0n) is 12.9. The molecular weight excluding hydrogens is 266 g/mol. The van der Waals surface area contributed by atoms with Crippen molar-refractivity contribution in [2.45, 2.75) is 12.8 Å². The zero-order chi connectivity index (χ0) is 15.2. The van der Waals surface area contributed by atoms with E-state index in [1.807, 2.05) is 0 Å². The monoisotopic (exact) mass is 287 g/mol. The predicted molar refractivity (Wildman–Crippen MR) is 94.7 cm³/mol. The topological polar surface area (TPSA) is 3.24 Å². The van der Waals surface area contributed by atoms with Crippen LogP contribution in [0.5, 0.6) is 0 Å². The van der Waals surface area contributed by atoms with Gasteiger partial charge in [0, 0.05) is 17.9 Å². The van der Waals surface area contributed by atoms with Gasteiger partial charge in [0.1, 0.15) is 0 Å². The lowest BCUT2D eigenvalue weighted by Gasteiger charge is -2.28. The SMILES string of the molecule is CC(CN(c1ccccc1)c1ccccc1)c1ccccc1. The third kappa shape index (κ3) is 3.37. The normalized spacial score (nSPS) is 11.9. The summed E-state index contributed by atoms with van der Waals surface area (Å²) in [6, 6.07) is 31.9. The molecular formula is C21H21N. The lowest BCUT2D eigenvalue weighted by Crippen LogP contribution is -2.22. The number of nitrogens with zero attached hydrogens (tertiary/aromatic N) is 1. The van der Waals surface area contributed by atoms with Crippen molar-refractivity contribution in [2.75, 3.05) is 11.4 Å². The molecule has 0 spiro atoms. The summed E-state index contributed by atoms with van der Waals surface area (Å²) in [5.41, 5.74) is 3.84. The Bertz CT molecular complexity index is 637. The van der Waals surface area contributed by atoms with Gasteiger partial charge in [-0.2, -0.15) is 0 Å². The molecule has 3 rings (SSSR count). The summed E-state index contributed by atoms with van der Waals surface area (Å²) in [6.45, 7) is 3.24. The Morgan fingerprint density at radius 1 is 0.636 bits per heavy atom. The number of hydrogen-bond acceptors (Lipinski definition) is 1. The summed E-state index contributed by atoms with van der Waals surface area (Å²) in [7, 11) is 0. The molecule has 0 N–H and O–H groups in total. The molecule has 22 heavy (non-hydrogen) atoms. The van der Waals surface area contributed by atoms with Gasteiger partial charge in [-0.05, 0) is 35.7 Å². The van der Waals surface area contributed by atoms with E-state index < -0.39 is 0 Å². The van der Waals surface area contributed by atoms with Crippen LogP contribution in [-0.4, -0.2) is 6.54 Å². The van der Waals surface area contributed by atoms with Gasteiger partial charge in [-0.25, -0.2) is 0 Å². The van der Waals surface area contributed by atoms with Crippen molar-refractivity contribution < 1.29 is 0 Å². The van der Waals surface area contributed by atoms with Gasteiger partial charge >= 0.3 is 0 Å². The van der Waals surface area contributed by atoms with Crippen LogP contribution < -0.4 is 4.90 Å². The minimum atomic E-state index is 0.460. The third-order valence-corrected chi connectivity index (χ3v) is 3.96. The minimum absolute atomic E-state index is 0.460. The van der Waals surface area contributed by atoms with Crippen molar-refractivity contribution in [1.82, 2.24) is 0 Å². The highest BCUT2D eigenvalue weighted by molar-refractivity contribution is 5.63. The first-order valence-corrected chi connectivity index (χ1v) is 7.77. The molecule has 0 aliphatic carbocycles. The molecule has 1 nitrogen and oxygen atoms in total. The van der Waals surface area contributed by atoms with Crippen LogP contribution in [0.3, 0.4) is 0 Å². The predicted octanol–water partition coefficient (Wildman–Crippen LogP) is 5.63. The van der Waals surface area contributed by atoms with Crippen LogP contribution in [0.4, 0.5) is 11.4 Å². The average molecular weight is 287 g/mol. The fourth-order valence-electron chi connectivity index (χ4n) is 2.74. The molecule has 0 aliphatic rings. The maximum absolute atomic E-state index is 2.39. The second kappa shape index (κ2) is 6.95. The van der Waals surface area contributed by atoms with E-state index >= 15 is 0 Å². The van der Waals surface area contributed by atoms with E-state index in [1.165, 1.54) is 16.9 Å². The van der Waals surface area contributed by atoms with Gasteiger partial charge in [0.05, 0.1) is 0 Å². The molecule has 1 atom stereocenters. The lowest BCUT2D eigenvalue weighted by atomic mass is 10.00. The highest BCUT2D eigenvalue weighted by Crippen LogP contribution is 2.28. The van der Waals surface area contributed by atoms with Crippen molar-refractivity contribution in [3.63, 3.8) is 0 Å². The van der Waals surface area contributed by atoms with Gasteiger partial charge in [0.25, 0.3) is 0 Å². The van der Waals surface area contributed by atoms with E-state index in [0.717, 1.165) is 6.54 Å². The largest absolute Gasteiger partial charge is 0.341 e. The molecule has 0 heterocycles. The molecule has 0 saturated heterocycles. The first-order valence-electron chi connectivity index (χ1n) is 7.77. The highest BCUT2D eigenvalue weighted by Gasteiger charge is 2.14. The smallest absolute Gasteiger partial charge is 0.0410 e. The van der Waals surface area contributed by atoms with E-state index in [1.54, 1.807) is 0 Å². The van der Waals surface area contributed by atoms with Crippen LogP contribution in [0.1, 0.15) is 18.4 Å². The number of anilines is 2. The van der Waals surface area contributed by atoms with Gasteiger partial charge in [-0.15, -0.1) is 0 Å². The summed E-state index contributed by atoms with van der Waals surface area (Å²) >= 11 is 0. The highest BCUT2D eigenvalue weighted by atomic mass is 15.1.